The van der Waals surface area contributed by atoms with Gasteiger partial charge in [-0.25, -0.2) is 0 Å². The Labute approximate surface area is 83.0 Å². The number of unbranched alkanes of at least 4 members (excludes halogenated alkanes) is 7. The Bertz CT molecular complexity index is 57.1. The second-order valence-corrected chi connectivity index (χ2v) is 3.26. The summed E-state index contributed by atoms with van der Waals surface area (Å²) in [4.78, 5) is 0. The molecule has 82 valence electrons. The Balaban J connectivity index is 0. The maximum absolute atomic E-state index is 7.12. The van der Waals surface area contributed by atoms with E-state index >= 15 is 0 Å². The maximum Gasteiger partial charge on any atom is 0.140 e. The summed E-state index contributed by atoms with van der Waals surface area (Å²) >= 11 is 0. The molecule has 13 heavy (non-hydrogen) atoms. The van der Waals surface area contributed by atoms with Crippen molar-refractivity contribution in [3.05, 3.63) is 0 Å². The van der Waals surface area contributed by atoms with Crippen LogP contribution in [0.3, 0.4) is 0 Å². The van der Waals surface area contributed by atoms with Crippen LogP contribution in [0.1, 0.15) is 65.2 Å². The lowest BCUT2D eigenvalue weighted by Gasteiger charge is -1.97. The van der Waals surface area contributed by atoms with Crippen molar-refractivity contribution in [2.45, 2.75) is 65.2 Å². The van der Waals surface area contributed by atoms with E-state index in [9.17, 15) is 0 Å². The van der Waals surface area contributed by atoms with Crippen LogP contribution in [0.5, 0.6) is 0 Å². The molecule has 0 aliphatic rings. The third kappa shape index (κ3) is 24.5. The van der Waals surface area contributed by atoms with E-state index in [1.165, 1.54) is 51.4 Å². The van der Waals surface area contributed by atoms with Crippen molar-refractivity contribution >= 4 is 0 Å². The van der Waals surface area contributed by atoms with E-state index in [-0.39, 0.29) is 0 Å². The Morgan fingerprint density at radius 1 is 0.615 bits per heavy atom. The molecule has 0 amide bonds. The van der Waals surface area contributed by atoms with Gasteiger partial charge in [0.2, 0.25) is 0 Å². The maximum atomic E-state index is 7.12. The molecular weight excluding hydrogens is 164 g/mol. The lowest BCUT2D eigenvalue weighted by Crippen LogP contribution is -1.77. The van der Waals surface area contributed by atoms with Crippen LogP contribution in [0.25, 0.3) is 0 Å². The van der Waals surface area contributed by atoms with Crippen molar-refractivity contribution in [3.8, 4) is 0 Å². The minimum absolute atomic E-state index is 0.750. The number of aliphatic hydroxyl groups excluding tert-OH is 1. The minimum atomic E-state index is -0.750. The van der Waals surface area contributed by atoms with Crippen molar-refractivity contribution in [2.24, 2.45) is 0 Å². The first-order chi connectivity index (χ1) is 6.33. The molecule has 0 radical (unpaired) electrons. The Kier molecular flexibility index (Phi) is 21.2. The zero-order valence-electron chi connectivity index (χ0n) is 9.26. The molecule has 2 nitrogen and oxygen atoms in total. The van der Waals surface area contributed by atoms with Gasteiger partial charge in [0.25, 0.3) is 0 Å². The van der Waals surface area contributed by atoms with Crippen LogP contribution in [-0.4, -0.2) is 17.0 Å². The van der Waals surface area contributed by atoms with Gasteiger partial charge in [-0.15, -0.1) is 0 Å². The number of rotatable bonds is 7. The average molecular weight is 190 g/mol. The molecule has 0 spiro atoms. The normalized spacial score (nSPS) is 9.23. The lowest BCUT2D eigenvalue weighted by molar-refractivity contribution is 0.0773. The van der Waals surface area contributed by atoms with E-state index in [0.29, 0.717) is 0 Å². The zero-order chi connectivity index (χ0) is 10.4. The Morgan fingerprint density at radius 3 is 1.08 bits per heavy atom. The molecule has 0 fully saturated rings. The van der Waals surface area contributed by atoms with Gasteiger partial charge in [0.1, 0.15) is 6.79 Å². The molecule has 2 N–H and O–H groups in total. The Hall–Kier alpha value is -0.0800. The van der Waals surface area contributed by atoms with E-state index in [4.69, 9.17) is 10.2 Å². The summed E-state index contributed by atoms with van der Waals surface area (Å²) in [6.45, 7) is 3.79. The van der Waals surface area contributed by atoms with Crippen molar-refractivity contribution < 1.29 is 10.2 Å². The van der Waals surface area contributed by atoms with Gasteiger partial charge in [0, 0.05) is 0 Å². The topological polar surface area (TPSA) is 40.5 Å². The van der Waals surface area contributed by atoms with Crippen LogP contribution in [0.15, 0.2) is 0 Å². The summed E-state index contributed by atoms with van der Waals surface area (Å²) < 4.78 is 0. The average Bonchev–Trinajstić information content (AvgIpc) is 2.13. The Morgan fingerprint density at radius 2 is 0.846 bits per heavy atom. The number of hydrogen-bond donors (Lipinski definition) is 2. The van der Waals surface area contributed by atoms with Crippen LogP contribution in [-0.2, 0) is 0 Å². The highest BCUT2D eigenvalue weighted by molar-refractivity contribution is 4.43. The molecule has 0 atom stereocenters. The fourth-order valence-corrected chi connectivity index (χ4v) is 1.21. The predicted molar refractivity (Wildman–Crippen MR) is 57.6 cm³/mol. The molecule has 0 rings (SSSR count). The molecule has 0 saturated heterocycles. The fourth-order valence-electron chi connectivity index (χ4n) is 1.21. The summed E-state index contributed by atoms with van der Waals surface area (Å²) in [6.07, 6.45) is 11.5. The lowest BCUT2D eigenvalue weighted by atomic mass is 10.1. The van der Waals surface area contributed by atoms with Crippen LogP contribution in [0, 0.1) is 0 Å². The molecule has 0 saturated carbocycles. The molecule has 2 heteroatoms. The highest BCUT2D eigenvalue weighted by Crippen LogP contribution is 2.07. The van der Waals surface area contributed by atoms with Gasteiger partial charge >= 0.3 is 0 Å². The van der Waals surface area contributed by atoms with Crippen molar-refractivity contribution in [3.63, 3.8) is 0 Å². The van der Waals surface area contributed by atoms with E-state index < -0.39 is 6.79 Å². The SMILES string of the molecule is CCCCCCCCCC.OCO. The van der Waals surface area contributed by atoms with Crippen LogP contribution < -0.4 is 0 Å². The van der Waals surface area contributed by atoms with Gasteiger partial charge in [-0.2, -0.15) is 0 Å². The summed E-state index contributed by atoms with van der Waals surface area (Å²) in [6, 6.07) is 0. The molecule has 0 aliphatic heterocycles. The van der Waals surface area contributed by atoms with Crippen LogP contribution in [0.4, 0.5) is 0 Å². The van der Waals surface area contributed by atoms with Crippen molar-refractivity contribution in [1.29, 1.82) is 0 Å². The van der Waals surface area contributed by atoms with Crippen LogP contribution in [0.2, 0.25) is 0 Å². The van der Waals surface area contributed by atoms with E-state index in [1.807, 2.05) is 0 Å². The van der Waals surface area contributed by atoms with E-state index in [2.05, 4.69) is 13.8 Å². The third-order valence-electron chi connectivity index (χ3n) is 1.96. The standard InChI is InChI=1S/C10H22.CH4O2/c1-3-5-7-9-10-8-6-4-2;2-1-3/h3-10H2,1-2H3;2-3H,1H2. The number of aliphatic hydroxyl groups is 2. The molecule has 0 aliphatic carbocycles. The molecule has 0 bridgehead atoms. The molecule has 0 aromatic carbocycles. The first-order valence-electron chi connectivity index (χ1n) is 5.55. The van der Waals surface area contributed by atoms with Gasteiger partial charge in [0.05, 0.1) is 0 Å². The summed E-state index contributed by atoms with van der Waals surface area (Å²) in [5.74, 6) is 0. The zero-order valence-corrected chi connectivity index (χ0v) is 9.26. The van der Waals surface area contributed by atoms with Gasteiger partial charge in [0.15, 0.2) is 0 Å². The molecule has 0 aromatic rings. The van der Waals surface area contributed by atoms with Gasteiger partial charge in [-0.05, 0) is 0 Å². The second-order valence-electron chi connectivity index (χ2n) is 3.26. The van der Waals surface area contributed by atoms with E-state index in [1.54, 1.807) is 0 Å². The quantitative estimate of drug-likeness (QED) is 0.478. The highest BCUT2D eigenvalue weighted by Gasteiger charge is 1.87. The number of hydrogen-bond acceptors (Lipinski definition) is 2. The largest absolute Gasteiger partial charge is 0.371 e. The van der Waals surface area contributed by atoms with Crippen molar-refractivity contribution in [1.82, 2.24) is 0 Å². The van der Waals surface area contributed by atoms with Gasteiger partial charge in [-0.1, -0.05) is 65.2 Å². The predicted octanol–water partition coefficient (Wildman–Crippen LogP) is 3.08. The summed E-state index contributed by atoms with van der Waals surface area (Å²) in [5.41, 5.74) is 0. The first-order valence-corrected chi connectivity index (χ1v) is 5.55. The summed E-state index contributed by atoms with van der Waals surface area (Å²) in [5, 5.41) is 14.2. The highest BCUT2D eigenvalue weighted by atomic mass is 16.5. The van der Waals surface area contributed by atoms with Crippen molar-refractivity contribution in [2.75, 3.05) is 6.79 Å². The molecule has 0 unspecified atom stereocenters. The molecular formula is C11H26O2. The van der Waals surface area contributed by atoms with Gasteiger partial charge in [-0.3, -0.25) is 0 Å². The monoisotopic (exact) mass is 190 g/mol. The molecule has 0 heterocycles. The third-order valence-corrected chi connectivity index (χ3v) is 1.96. The fraction of sp³-hybridized carbons (Fsp3) is 1.00. The second kappa shape index (κ2) is 17.9. The van der Waals surface area contributed by atoms with E-state index in [0.717, 1.165) is 0 Å². The smallest absolute Gasteiger partial charge is 0.140 e. The van der Waals surface area contributed by atoms with Crippen LogP contribution >= 0.6 is 0 Å². The van der Waals surface area contributed by atoms with Gasteiger partial charge < -0.3 is 10.2 Å². The first kappa shape index (κ1) is 15.4. The minimum Gasteiger partial charge on any atom is -0.371 e. The summed E-state index contributed by atoms with van der Waals surface area (Å²) in [7, 11) is 0. The molecule has 0 aromatic heterocycles.